The van der Waals surface area contributed by atoms with Gasteiger partial charge in [0.25, 0.3) is 0 Å². The molecule has 0 unspecified atom stereocenters. The number of anilines is 4. The normalized spacial score (nSPS) is 10.3. The zero-order chi connectivity index (χ0) is 20.8. The average Bonchev–Trinajstić information content (AvgIpc) is 2.76. The van der Waals surface area contributed by atoms with Gasteiger partial charge in [0.05, 0.1) is 4.92 Å². The summed E-state index contributed by atoms with van der Waals surface area (Å²) in [7, 11) is 0. The molecule has 0 bridgehead atoms. The number of nitro groups is 1. The average molecular weight is 400 g/mol. The molecule has 2 aromatic carbocycles. The van der Waals surface area contributed by atoms with Crippen LogP contribution in [-0.4, -0.2) is 19.9 Å². The van der Waals surface area contributed by atoms with E-state index in [4.69, 9.17) is 4.74 Å². The van der Waals surface area contributed by atoms with E-state index in [9.17, 15) is 10.1 Å². The molecule has 9 nitrogen and oxygen atoms in total. The van der Waals surface area contributed by atoms with Crippen LogP contribution in [0.25, 0.3) is 0 Å². The first-order valence-corrected chi connectivity index (χ1v) is 8.95. The fourth-order valence-electron chi connectivity index (χ4n) is 2.67. The third-order valence-electron chi connectivity index (χ3n) is 4.04. The summed E-state index contributed by atoms with van der Waals surface area (Å²) < 4.78 is 5.75. The topological polar surface area (TPSA) is 115 Å². The van der Waals surface area contributed by atoms with Gasteiger partial charge in [0, 0.05) is 23.8 Å². The van der Waals surface area contributed by atoms with E-state index in [0.29, 0.717) is 17.1 Å². The lowest BCUT2D eigenvalue weighted by Crippen LogP contribution is -2.05. The molecule has 2 heterocycles. The van der Waals surface area contributed by atoms with Gasteiger partial charge in [-0.1, -0.05) is 18.2 Å². The van der Waals surface area contributed by atoms with Gasteiger partial charge >= 0.3 is 5.69 Å². The molecule has 30 heavy (non-hydrogen) atoms. The van der Waals surface area contributed by atoms with Crippen LogP contribution < -0.4 is 15.4 Å². The molecular formula is C21H16N6O3. The van der Waals surface area contributed by atoms with Crippen molar-refractivity contribution < 1.29 is 9.66 Å². The Bertz CT molecular complexity index is 1140. The van der Waals surface area contributed by atoms with Crippen LogP contribution in [0.15, 0.2) is 85.5 Å². The Kier molecular flexibility index (Phi) is 5.43. The van der Waals surface area contributed by atoms with Crippen LogP contribution in [0.3, 0.4) is 0 Å². The highest BCUT2D eigenvalue weighted by Crippen LogP contribution is 2.33. The number of para-hydroxylation sites is 1. The summed E-state index contributed by atoms with van der Waals surface area (Å²) in [4.78, 5) is 23.1. The molecule has 0 spiro atoms. The second kappa shape index (κ2) is 8.65. The molecule has 4 aromatic rings. The molecule has 9 heteroatoms. The molecule has 0 saturated heterocycles. The third kappa shape index (κ3) is 4.47. The summed E-state index contributed by atoms with van der Waals surface area (Å²) in [6.45, 7) is 0. The Morgan fingerprint density at radius 1 is 0.767 bits per heavy atom. The summed E-state index contributed by atoms with van der Waals surface area (Å²) in [6, 6.07) is 19.8. The zero-order valence-corrected chi connectivity index (χ0v) is 15.6. The summed E-state index contributed by atoms with van der Waals surface area (Å²) in [5.41, 5.74) is 0.978. The fraction of sp³-hybridized carbons (Fsp3) is 0. The van der Waals surface area contributed by atoms with Crippen LogP contribution in [-0.2, 0) is 0 Å². The van der Waals surface area contributed by atoms with E-state index in [1.165, 1.54) is 6.33 Å². The van der Waals surface area contributed by atoms with Crippen molar-refractivity contribution in [2.45, 2.75) is 0 Å². The van der Waals surface area contributed by atoms with Crippen LogP contribution in [0.2, 0.25) is 0 Å². The van der Waals surface area contributed by atoms with E-state index >= 15 is 0 Å². The summed E-state index contributed by atoms with van der Waals surface area (Å²) >= 11 is 0. The molecule has 0 atom stereocenters. The van der Waals surface area contributed by atoms with Crippen molar-refractivity contribution in [2.24, 2.45) is 0 Å². The standard InChI is InChI=1S/C21H16N6O3/c28-27(29)19-20(23-14-24-21(19)26-16-10-12-22-13-11-16)25-15-6-8-18(9-7-15)30-17-4-2-1-3-5-17/h1-14H,(H2,22,23,24,25,26). The van der Waals surface area contributed by atoms with Gasteiger partial charge in [0.1, 0.15) is 17.8 Å². The monoisotopic (exact) mass is 400 g/mol. The Hall–Kier alpha value is -4.53. The molecule has 148 valence electrons. The maximum absolute atomic E-state index is 11.7. The van der Waals surface area contributed by atoms with Crippen molar-refractivity contribution in [2.75, 3.05) is 10.6 Å². The summed E-state index contributed by atoms with van der Waals surface area (Å²) in [5.74, 6) is 1.51. The molecule has 2 aromatic heterocycles. The van der Waals surface area contributed by atoms with Crippen LogP contribution in [0.5, 0.6) is 11.5 Å². The van der Waals surface area contributed by atoms with Gasteiger partial charge in [-0.2, -0.15) is 0 Å². The predicted octanol–water partition coefficient (Wildman–Crippen LogP) is 5.06. The number of ether oxygens (including phenoxy) is 1. The minimum absolute atomic E-state index is 0.0725. The van der Waals surface area contributed by atoms with Crippen molar-refractivity contribution in [3.63, 3.8) is 0 Å². The predicted molar refractivity (Wildman–Crippen MR) is 112 cm³/mol. The van der Waals surface area contributed by atoms with E-state index < -0.39 is 4.92 Å². The molecule has 0 saturated carbocycles. The van der Waals surface area contributed by atoms with Crippen molar-refractivity contribution in [1.82, 2.24) is 15.0 Å². The molecule has 4 rings (SSSR count). The molecular weight excluding hydrogens is 384 g/mol. The van der Waals surface area contributed by atoms with Crippen molar-refractivity contribution in [1.29, 1.82) is 0 Å². The minimum atomic E-state index is -0.529. The third-order valence-corrected chi connectivity index (χ3v) is 4.04. The van der Waals surface area contributed by atoms with Crippen molar-refractivity contribution >= 4 is 28.7 Å². The van der Waals surface area contributed by atoms with Crippen molar-refractivity contribution in [3.05, 3.63) is 95.6 Å². The Morgan fingerprint density at radius 2 is 1.33 bits per heavy atom. The van der Waals surface area contributed by atoms with E-state index in [-0.39, 0.29) is 17.3 Å². The number of aromatic nitrogens is 3. The van der Waals surface area contributed by atoms with E-state index in [1.807, 2.05) is 30.3 Å². The van der Waals surface area contributed by atoms with E-state index in [1.54, 1.807) is 48.8 Å². The minimum Gasteiger partial charge on any atom is -0.457 e. The number of rotatable bonds is 7. The van der Waals surface area contributed by atoms with Gasteiger partial charge in [0.15, 0.2) is 0 Å². The molecule has 0 radical (unpaired) electrons. The highest BCUT2D eigenvalue weighted by molar-refractivity contribution is 5.76. The number of benzene rings is 2. The quantitative estimate of drug-likeness (QED) is 0.327. The largest absolute Gasteiger partial charge is 0.457 e. The molecule has 0 aliphatic heterocycles. The van der Waals surface area contributed by atoms with Gasteiger partial charge < -0.3 is 15.4 Å². The molecule has 0 aliphatic rings. The first kappa shape index (κ1) is 18.8. The second-order valence-corrected chi connectivity index (χ2v) is 6.10. The maximum atomic E-state index is 11.7. The SMILES string of the molecule is O=[N+]([O-])c1c(Nc2ccncc2)ncnc1Nc1ccc(Oc2ccccc2)cc1. The number of pyridine rings is 1. The van der Waals surface area contributed by atoms with Crippen LogP contribution >= 0.6 is 0 Å². The summed E-state index contributed by atoms with van der Waals surface area (Å²) in [6.07, 6.45) is 4.41. The lowest BCUT2D eigenvalue weighted by Gasteiger charge is -2.11. The lowest BCUT2D eigenvalue weighted by atomic mass is 10.3. The van der Waals surface area contributed by atoms with Gasteiger partial charge in [0.2, 0.25) is 11.6 Å². The highest BCUT2D eigenvalue weighted by Gasteiger charge is 2.23. The Morgan fingerprint density at radius 3 is 1.93 bits per heavy atom. The van der Waals surface area contributed by atoms with Gasteiger partial charge in [-0.25, -0.2) is 9.97 Å². The molecule has 0 aliphatic carbocycles. The Labute approximate surface area is 171 Å². The van der Waals surface area contributed by atoms with E-state index in [2.05, 4.69) is 25.6 Å². The number of hydrogen-bond donors (Lipinski definition) is 2. The van der Waals surface area contributed by atoms with Crippen molar-refractivity contribution in [3.8, 4) is 11.5 Å². The van der Waals surface area contributed by atoms with Gasteiger partial charge in [-0.3, -0.25) is 15.1 Å². The van der Waals surface area contributed by atoms with E-state index in [0.717, 1.165) is 5.75 Å². The van der Waals surface area contributed by atoms with Gasteiger partial charge in [-0.05, 0) is 48.5 Å². The molecule has 0 amide bonds. The van der Waals surface area contributed by atoms with Gasteiger partial charge in [-0.15, -0.1) is 0 Å². The highest BCUT2D eigenvalue weighted by atomic mass is 16.6. The molecule has 0 fully saturated rings. The zero-order valence-electron chi connectivity index (χ0n) is 15.6. The van der Waals surface area contributed by atoms with Crippen LogP contribution in [0.1, 0.15) is 0 Å². The maximum Gasteiger partial charge on any atom is 0.353 e. The first-order valence-electron chi connectivity index (χ1n) is 8.95. The lowest BCUT2D eigenvalue weighted by molar-refractivity contribution is -0.383. The van der Waals surface area contributed by atoms with Crippen LogP contribution in [0.4, 0.5) is 28.7 Å². The molecule has 2 N–H and O–H groups in total. The number of hydrogen-bond acceptors (Lipinski definition) is 8. The van der Waals surface area contributed by atoms with Crippen LogP contribution in [0, 0.1) is 10.1 Å². The second-order valence-electron chi connectivity index (χ2n) is 6.10. The Balaban J connectivity index is 1.55. The smallest absolute Gasteiger partial charge is 0.353 e. The summed E-state index contributed by atoms with van der Waals surface area (Å²) in [5, 5.41) is 17.6. The number of nitrogens with zero attached hydrogens (tertiary/aromatic N) is 4. The number of nitrogens with one attached hydrogen (secondary N) is 2. The first-order chi connectivity index (χ1) is 14.7. The fourth-order valence-corrected chi connectivity index (χ4v) is 2.67.